The van der Waals surface area contributed by atoms with Crippen LogP contribution in [0.25, 0.3) is 0 Å². The van der Waals surface area contributed by atoms with Gasteiger partial charge in [-0.2, -0.15) is 0 Å². The van der Waals surface area contributed by atoms with Gasteiger partial charge in [0.2, 0.25) is 0 Å². The van der Waals surface area contributed by atoms with Crippen LogP contribution in [0.3, 0.4) is 0 Å². The largest absolute Gasteiger partial charge is 0.444 e. The van der Waals surface area contributed by atoms with Crippen LogP contribution in [-0.4, -0.2) is 36.2 Å². The number of amides is 1. The number of piperazine rings is 1. The summed E-state index contributed by atoms with van der Waals surface area (Å²) >= 11 is 0. The molecule has 1 unspecified atom stereocenters. The molecule has 0 aromatic heterocycles. The fourth-order valence-electron chi connectivity index (χ4n) is 3.43. The number of hydrogen-bond acceptors (Lipinski definition) is 3. The highest BCUT2D eigenvalue weighted by atomic mass is 16.6. The third-order valence-electron chi connectivity index (χ3n) is 4.38. The van der Waals surface area contributed by atoms with Gasteiger partial charge in [-0.25, -0.2) is 4.79 Å². The minimum atomic E-state index is -0.439. The number of fused-ring (bicyclic) bond motifs is 1. The van der Waals surface area contributed by atoms with Crippen LogP contribution in [0, 0.1) is 0 Å². The molecule has 4 nitrogen and oxygen atoms in total. The summed E-state index contributed by atoms with van der Waals surface area (Å²) in [5, 5.41) is 3.56. The predicted octanol–water partition coefficient (Wildman–Crippen LogP) is 3.06. The topological polar surface area (TPSA) is 41.6 Å². The Labute approximate surface area is 132 Å². The van der Waals surface area contributed by atoms with Crippen molar-refractivity contribution >= 4 is 6.09 Å². The highest BCUT2D eigenvalue weighted by molar-refractivity contribution is 5.68. The molecule has 120 valence electrons. The third kappa shape index (κ3) is 3.27. The maximum Gasteiger partial charge on any atom is 0.410 e. The number of ether oxygens (including phenoxy) is 1. The molecule has 4 heteroatoms. The first kappa shape index (κ1) is 15.3. The first-order chi connectivity index (χ1) is 10.4. The zero-order valence-corrected chi connectivity index (χ0v) is 13.8. The highest BCUT2D eigenvalue weighted by Gasteiger charge is 2.29. The number of nitrogens with zero attached hydrogens (tertiary/aromatic N) is 1. The summed E-state index contributed by atoms with van der Waals surface area (Å²) in [6.07, 6.45) is 3.39. The minimum Gasteiger partial charge on any atom is -0.444 e. The lowest BCUT2D eigenvalue weighted by atomic mass is 9.96. The van der Waals surface area contributed by atoms with Crippen LogP contribution < -0.4 is 5.32 Å². The van der Waals surface area contributed by atoms with Gasteiger partial charge in [-0.3, -0.25) is 0 Å². The van der Waals surface area contributed by atoms with E-state index in [1.54, 1.807) is 0 Å². The Morgan fingerprint density at radius 2 is 2.14 bits per heavy atom. The van der Waals surface area contributed by atoms with Crippen LogP contribution >= 0.6 is 0 Å². The van der Waals surface area contributed by atoms with Crippen LogP contribution in [0.5, 0.6) is 0 Å². The molecule has 1 N–H and O–H groups in total. The fraction of sp³-hybridized carbons (Fsp3) is 0.611. The van der Waals surface area contributed by atoms with Crippen molar-refractivity contribution in [1.82, 2.24) is 10.2 Å². The second-order valence-electron chi connectivity index (χ2n) is 7.27. The Balaban J connectivity index is 1.74. The highest BCUT2D eigenvalue weighted by Crippen LogP contribution is 2.30. The standard InChI is InChI=1S/C18H26N2O2/c1-18(2,3)22-17(21)20-11-10-19-16(12-20)15-9-5-7-13-6-4-8-14(13)15/h5,7,9,16,19H,4,6,8,10-12H2,1-3H3. The average molecular weight is 302 g/mol. The SMILES string of the molecule is CC(C)(C)OC(=O)N1CCNC(c2cccc3c2CCC3)C1. The summed E-state index contributed by atoms with van der Waals surface area (Å²) in [7, 11) is 0. The minimum absolute atomic E-state index is 0.202. The summed E-state index contributed by atoms with van der Waals surface area (Å²) < 4.78 is 5.51. The first-order valence-electron chi connectivity index (χ1n) is 8.26. The Morgan fingerprint density at radius 3 is 2.91 bits per heavy atom. The number of nitrogens with one attached hydrogen (secondary N) is 1. The van der Waals surface area contributed by atoms with Crippen molar-refractivity contribution in [2.75, 3.05) is 19.6 Å². The van der Waals surface area contributed by atoms with Gasteiger partial charge in [0.25, 0.3) is 0 Å². The molecule has 1 aliphatic carbocycles. The Kier molecular flexibility index (Phi) is 4.13. The number of carbonyl (C=O) groups excluding carboxylic acids is 1. The quantitative estimate of drug-likeness (QED) is 0.867. The molecule has 1 atom stereocenters. The van der Waals surface area contributed by atoms with E-state index in [2.05, 4.69) is 23.5 Å². The molecule has 1 amide bonds. The van der Waals surface area contributed by atoms with Crippen LogP contribution in [-0.2, 0) is 17.6 Å². The number of aryl methyl sites for hydroxylation is 1. The lowest BCUT2D eigenvalue weighted by molar-refractivity contribution is 0.0195. The lowest BCUT2D eigenvalue weighted by Crippen LogP contribution is -2.49. The van der Waals surface area contributed by atoms with E-state index in [0.29, 0.717) is 13.1 Å². The summed E-state index contributed by atoms with van der Waals surface area (Å²) in [6.45, 7) is 7.94. The van der Waals surface area contributed by atoms with E-state index in [0.717, 1.165) is 13.0 Å². The maximum atomic E-state index is 12.3. The summed E-state index contributed by atoms with van der Waals surface area (Å²) in [6, 6.07) is 6.81. The van der Waals surface area contributed by atoms with E-state index in [1.807, 2.05) is 25.7 Å². The smallest absolute Gasteiger partial charge is 0.410 e. The van der Waals surface area contributed by atoms with Gasteiger partial charge < -0.3 is 15.0 Å². The van der Waals surface area contributed by atoms with E-state index in [4.69, 9.17) is 4.74 Å². The van der Waals surface area contributed by atoms with Crippen molar-refractivity contribution in [2.45, 2.75) is 51.7 Å². The van der Waals surface area contributed by atoms with Gasteiger partial charge in [0.15, 0.2) is 0 Å². The van der Waals surface area contributed by atoms with Crippen molar-refractivity contribution in [1.29, 1.82) is 0 Å². The zero-order valence-electron chi connectivity index (χ0n) is 13.8. The van der Waals surface area contributed by atoms with E-state index in [1.165, 1.54) is 29.5 Å². The van der Waals surface area contributed by atoms with Crippen molar-refractivity contribution in [3.05, 3.63) is 34.9 Å². The lowest BCUT2D eigenvalue weighted by Gasteiger charge is -2.35. The number of benzene rings is 1. The van der Waals surface area contributed by atoms with E-state index >= 15 is 0 Å². The molecule has 3 rings (SSSR count). The Morgan fingerprint density at radius 1 is 1.32 bits per heavy atom. The molecule has 0 saturated carbocycles. The summed E-state index contributed by atoms with van der Waals surface area (Å²) in [4.78, 5) is 14.1. The first-order valence-corrected chi connectivity index (χ1v) is 8.26. The van der Waals surface area contributed by atoms with Gasteiger partial charge in [-0.1, -0.05) is 18.2 Å². The molecule has 0 bridgehead atoms. The van der Waals surface area contributed by atoms with Crippen LogP contribution in [0.1, 0.15) is 49.9 Å². The van der Waals surface area contributed by atoms with Crippen LogP contribution in [0.4, 0.5) is 4.79 Å². The van der Waals surface area contributed by atoms with Gasteiger partial charge in [0, 0.05) is 19.6 Å². The van der Waals surface area contributed by atoms with Gasteiger partial charge >= 0.3 is 6.09 Å². The molecule has 1 saturated heterocycles. The second kappa shape index (κ2) is 5.92. The van der Waals surface area contributed by atoms with Crippen molar-refractivity contribution in [2.24, 2.45) is 0 Å². The molecule has 22 heavy (non-hydrogen) atoms. The average Bonchev–Trinajstić information content (AvgIpc) is 2.94. The monoisotopic (exact) mass is 302 g/mol. The molecule has 1 aromatic rings. The van der Waals surface area contributed by atoms with Gasteiger partial charge in [0.1, 0.15) is 5.60 Å². The number of carbonyl (C=O) groups is 1. The molecular weight excluding hydrogens is 276 g/mol. The zero-order chi connectivity index (χ0) is 15.7. The Bertz CT molecular complexity index is 563. The molecule has 0 spiro atoms. The second-order valence-corrected chi connectivity index (χ2v) is 7.27. The molecule has 1 fully saturated rings. The summed E-state index contributed by atoms with van der Waals surface area (Å²) in [5.41, 5.74) is 3.90. The van der Waals surface area contributed by atoms with Crippen LogP contribution in [0.2, 0.25) is 0 Å². The maximum absolute atomic E-state index is 12.3. The van der Waals surface area contributed by atoms with Crippen molar-refractivity contribution in [3.63, 3.8) is 0 Å². The molecule has 1 aromatic carbocycles. The predicted molar refractivity (Wildman–Crippen MR) is 87.0 cm³/mol. The molecule has 1 aliphatic heterocycles. The number of hydrogen-bond donors (Lipinski definition) is 1. The normalized spacial score (nSPS) is 21.6. The molecular formula is C18H26N2O2. The van der Waals surface area contributed by atoms with Gasteiger partial charge in [-0.05, 0) is 56.7 Å². The molecule has 0 radical (unpaired) electrons. The van der Waals surface area contributed by atoms with E-state index < -0.39 is 5.60 Å². The molecule has 2 aliphatic rings. The fourth-order valence-corrected chi connectivity index (χ4v) is 3.43. The Hall–Kier alpha value is -1.55. The summed E-state index contributed by atoms with van der Waals surface area (Å²) in [5.74, 6) is 0. The van der Waals surface area contributed by atoms with Crippen molar-refractivity contribution in [3.8, 4) is 0 Å². The molecule has 1 heterocycles. The van der Waals surface area contributed by atoms with E-state index in [9.17, 15) is 4.79 Å². The third-order valence-corrected chi connectivity index (χ3v) is 4.38. The van der Waals surface area contributed by atoms with Crippen LogP contribution in [0.15, 0.2) is 18.2 Å². The number of rotatable bonds is 1. The van der Waals surface area contributed by atoms with Gasteiger partial charge in [-0.15, -0.1) is 0 Å². The van der Waals surface area contributed by atoms with Gasteiger partial charge in [0.05, 0.1) is 6.04 Å². The van der Waals surface area contributed by atoms with E-state index in [-0.39, 0.29) is 12.1 Å². The van der Waals surface area contributed by atoms with Crippen molar-refractivity contribution < 1.29 is 9.53 Å².